The van der Waals surface area contributed by atoms with E-state index in [1.54, 1.807) is 18.2 Å². The van der Waals surface area contributed by atoms with Crippen molar-refractivity contribution >= 4 is 33.2 Å². The molecule has 0 aliphatic carbocycles. The predicted octanol–water partition coefficient (Wildman–Crippen LogP) is 3.69. The molecule has 152 valence electrons. The molecule has 0 saturated carbocycles. The summed E-state index contributed by atoms with van der Waals surface area (Å²) in [5, 5.41) is 3.27. The molecule has 2 aromatic carbocycles. The van der Waals surface area contributed by atoms with E-state index in [9.17, 15) is 13.2 Å². The van der Waals surface area contributed by atoms with E-state index in [4.69, 9.17) is 16.3 Å². The third-order valence-electron chi connectivity index (χ3n) is 4.20. The summed E-state index contributed by atoms with van der Waals surface area (Å²) in [5.74, 6) is 0.341. The van der Waals surface area contributed by atoms with Gasteiger partial charge in [-0.1, -0.05) is 29.8 Å². The van der Waals surface area contributed by atoms with E-state index in [1.165, 1.54) is 0 Å². The van der Waals surface area contributed by atoms with Gasteiger partial charge in [-0.05, 0) is 56.2 Å². The largest absolute Gasteiger partial charge is 0.494 e. The van der Waals surface area contributed by atoms with Gasteiger partial charge in [-0.15, -0.1) is 0 Å². The number of aryl methyl sites for hydroxylation is 1. The van der Waals surface area contributed by atoms with Crippen molar-refractivity contribution in [3.05, 3.63) is 58.6 Å². The fraction of sp³-hybridized carbons (Fsp3) is 0.350. The van der Waals surface area contributed by atoms with Crippen LogP contribution in [0.4, 0.5) is 5.69 Å². The highest BCUT2D eigenvalue weighted by atomic mass is 35.5. The van der Waals surface area contributed by atoms with Crippen LogP contribution in [-0.4, -0.2) is 33.7 Å². The SMILES string of the molecule is CCOc1ccc([C@@H](C)NC(=O)CN(c2ccc(C)c(Cl)c2)S(C)(=O)=O)cc1. The zero-order valence-electron chi connectivity index (χ0n) is 16.4. The van der Waals surface area contributed by atoms with Crippen molar-refractivity contribution < 1.29 is 17.9 Å². The van der Waals surface area contributed by atoms with E-state index in [0.717, 1.165) is 27.4 Å². The molecule has 8 heteroatoms. The molecule has 0 saturated heterocycles. The maximum Gasteiger partial charge on any atom is 0.241 e. The number of nitrogens with one attached hydrogen (secondary N) is 1. The van der Waals surface area contributed by atoms with E-state index in [1.807, 2.05) is 45.0 Å². The van der Waals surface area contributed by atoms with Gasteiger partial charge >= 0.3 is 0 Å². The van der Waals surface area contributed by atoms with E-state index < -0.39 is 15.9 Å². The van der Waals surface area contributed by atoms with Gasteiger partial charge in [0.05, 0.1) is 24.6 Å². The van der Waals surface area contributed by atoms with E-state index >= 15 is 0 Å². The number of ether oxygens (including phenoxy) is 1. The topological polar surface area (TPSA) is 75.7 Å². The van der Waals surface area contributed by atoms with Crippen LogP contribution in [0.2, 0.25) is 5.02 Å². The third kappa shape index (κ3) is 5.87. The van der Waals surface area contributed by atoms with Crippen LogP contribution >= 0.6 is 11.6 Å². The molecule has 0 radical (unpaired) electrons. The van der Waals surface area contributed by atoms with E-state index in [0.29, 0.717) is 17.3 Å². The molecule has 0 aromatic heterocycles. The molecule has 1 N–H and O–H groups in total. The number of amides is 1. The lowest BCUT2D eigenvalue weighted by molar-refractivity contribution is -0.120. The molecule has 0 heterocycles. The Balaban J connectivity index is 2.12. The summed E-state index contributed by atoms with van der Waals surface area (Å²) in [6.45, 7) is 5.81. The van der Waals surface area contributed by atoms with Crippen LogP contribution in [0, 0.1) is 6.92 Å². The van der Waals surface area contributed by atoms with Gasteiger partial charge in [-0.2, -0.15) is 0 Å². The zero-order chi connectivity index (χ0) is 20.9. The molecule has 0 aliphatic rings. The van der Waals surface area contributed by atoms with Crippen molar-refractivity contribution in [1.29, 1.82) is 0 Å². The number of carbonyl (C=O) groups is 1. The lowest BCUT2D eigenvalue weighted by Crippen LogP contribution is -2.41. The highest BCUT2D eigenvalue weighted by molar-refractivity contribution is 7.92. The highest BCUT2D eigenvalue weighted by Crippen LogP contribution is 2.25. The molecule has 28 heavy (non-hydrogen) atoms. The summed E-state index contributed by atoms with van der Waals surface area (Å²) in [6.07, 6.45) is 1.06. The lowest BCUT2D eigenvalue weighted by Gasteiger charge is -2.23. The normalized spacial score (nSPS) is 12.3. The molecule has 0 fully saturated rings. The van der Waals surface area contributed by atoms with Gasteiger partial charge in [-0.25, -0.2) is 8.42 Å². The summed E-state index contributed by atoms with van der Waals surface area (Å²) in [6, 6.07) is 12.0. The molecule has 0 aliphatic heterocycles. The Labute approximate surface area is 171 Å². The van der Waals surface area contributed by atoms with Gasteiger partial charge in [-0.3, -0.25) is 9.10 Å². The first kappa shape index (κ1) is 22.0. The Morgan fingerprint density at radius 2 is 1.86 bits per heavy atom. The van der Waals surface area contributed by atoms with Gasteiger partial charge in [0.15, 0.2) is 0 Å². The Hall–Kier alpha value is -2.25. The molecular formula is C20H25ClN2O4S. The number of carbonyl (C=O) groups excluding carboxylic acids is 1. The number of halogens is 1. The zero-order valence-corrected chi connectivity index (χ0v) is 18.0. The average Bonchev–Trinajstić information content (AvgIpc) is 2.62. The standard InChI is InChI=1S/C20H25ClN2O4S/c1-5-27-18-10-7-16(8-11-18)15(3)22-20(24)13-23(28(4,25)26)17-9-6-14(2)19(21)12-17/h6-12,15H,5,13H2,1-4H3,(H,22,24)/t15-/m1/s1. The van der Waals surface area contributed by atoms with Gasteiger partial charge in [0.25, 0.3) is 0 Å². The highest BCUT2D eigenvalue weighted by Gasteiger charge is 2.22. The second kappa shape index (κ2) is 9.30. The van der Waals surface area contributed by atoms with Crippen molar-refractivity contribution in [1.82, 2.24) is 5.32 Å². The summed E-state index contributed by atoms with van der Waals surface area (Å²) in [7, 11) is -3.66. The van der Waals surface area contributed by atoms with Crippen molar-refractivity contribution in [2.45, 2.75) is 26.8 Å². The predicted molar refractivity (Wildman–Crippen MR) is 113 cm³/mol. The maximum absolute atomic E-state index is 12.5. The maximum atomic E-state index is 12.5. The minimum absolute atomic E-state index is 0.286. The van der Waals surface area contributed by atoms with E-state index in [-0.39, 0.29) is 12.6 Å². The number of nitrogens with zero attached hydrogens (tertiary/aromatic N) is 1. The Kier molecular flexibility index (Phi) is 7.32. The van der Waals surface area contributed by atoms with Crippen LogP contribution in [-0.2, 0) is 14.8 Å². The number of sulfonamides is 1. The lowest BCUT2D eigenvalue weighted by atomic mass is 10.1. The minimum atomic E-state index is -3.66. The first-order chi connectivity index (χ1) is 13.1. The molecule has 0 bridgehead atoms. The summed E-state index contributed by atoms with van der Waals surface area (Å²) in [5.41, 5.74) is 2.07. The first-order valence-corrected chi connectivity index (χ1v) is 11.1. The number of benzene rings is 2. The van der Waals surface area contributed by atoms with Crippen LogP contribution in [0.25, 0.3) is 0 Å². The molecule has 6 nitrogen and oxygen atoms in total. The van der Waals surface area contributed by atoms with Gasteiger partial charge < -0.3 is 10.1 Å². The molecule has 0 spiro atoms. The van der Waals surface area contributed by atoms with Gasteiger partial charge in [0.1, 0.15) is 12.3 Å². The Morgan fingerprint density at radius 3 is 2.39 bits per heavy atom. The number of hydrogen-bond donors (Lipinski definition) is 1. The smallest absolute Gasteiger partial charge is 0.241 e. The van der Waals surface area contributed by atoms with Crippen LogP contribution in [0.5, 0.6) is 5.75 Å². The van der Waals surface area contributed by atoms with Crippen molar-refractivity contribution in [2.75, 3.05) is 23.7 Å². The number of anilines is 1. The van der Waals surface area contributed by atoms with E-state index in [2.05, 4.69) is 5.32 Å². The van der Waals surface area contributed by atoms with Crippen molar-refractivity contribution in [3.8, 4) is 5.75 Å². The quantitative estimate of drug-likeness (QED) is 0.701. The molecule has 1 amide bonds. The molecular weight excluding hydrogens is 400 g/mol. The summed E-state index contributed by atoms with van der Waals surface area (Å²) >= 11 is 6.11. The van der Waals surface area contributed by atoms with Crippen LogP contribution < -0.4 is 14.4 Å². The van der Waals surface area contributed by atoms with Gasteiger partial charge in [0, 0.05) is 5.02 Å². The molecule has 0 unspecified atom stereocenters. The van der Waals surface area contributed by atoms with Crippen molar-refractivity contribution in [2.24, 2.45) is 0 Å². The van der Waals surface area contributed by atoms with Crippen LogP contribution in [0.15, 0.2) is 42.5 Å². The van der Waals surface area contributed by atoms with Crippen molar-refractivity contribution in [3.63, 3.8) is 0 Å². The molecule has 2 rings (SSSR count). The average molecular weight is 425 g/mol. The summed E-state index contributed by atoms with van der Waals surface area (Å²) < 4.78 is 30.9. The van der Waals surface area contributed by atoms with Gasteiger partial charge in [0.2, 0.25) is 15.9 Å². The second-order valence-corrected chi connectivity index (χ2v) is 8.81. The first-order valence-electron chi connectivity index (χ1n) is 8.87. The Bertz CT molecular complexity index is 930. The van der Waals surface area contributed by atoms with Crippen LogP contribution in [0.1, 0.15) is 31.0 Å². The fourth-order valence-electron chi connectivity index (χ4n) is 2.66. The second-order valence-electron chi connectivity index (χ2n) is 6.49. The minimum Gasteiger partial charge on any atom is -0.494 e. The Morgan fingerprint density at radius 1 is 1.21 bits per heavy atom. The third-order valence-corrected chi connectivity index (χ3v) is 5.75. The summed E-state index contributed by atoms with van der Waals surface area (Å²) in [4.78, 5) is 12.5. The fourth-order valence-corrected chi connectivity index (χ4v) is 3.68. The molecule has 2 aromatic rings. The molecule has 1 atom stereocenters. The monoisotopic (exact) mass is 424 g/mol. The van der Waals surface area contributed by atoms with Crippen LogP contribution in [0.3, 0.4) is 0 Å². The number of rotatable bonds is 8. The number of hydrogen-bond acceptors (Lipinski definition) is 4.